The van der Waals surface area contributed by atoms with Crippen LogP contribution in [0.3, 0.4) is 0 Å². The molecule has 0 radical (unpaired) electrons. The van der Waals surface area contributed by atoms with E-state index in [1.54, 1.807) is 24.9 Å². The first kappa shape index (κ1) is 13.6. The highest BCUT2D eigenvalue weighted by molar-refractivity contribution is 5.93. The predicted octanol–water partition coefficient (Wildman–Crippen LogP) is 0.0145. The lowest BCUT2D eigenvalue weighted by Crippen LogP contribution is -2.34. The summed E-state index contributed by atoms with van der Waals surface area (Å²) in [4.78, 5) is 25.5. The van der Waals surface area contributed by atoms with E-state index >= 15 is 0 Å². The van der Waals surface area contributed by atoms with E-state index in [1.165, 1.54) is 6.26 Å². The van der Waals surface area contributed by atoms with Crippen LogP contribution in [-0.2, 0) is 4.79 Å². The number of amides is 2. The van der Waals surface area contributed by atoms with E-state index in [0.717, 1.165) is 5.56 Å². The van der Waals surface area contributed by atoms with Gasteiger partial charge in [-0.3, -0.25) is 9.59 Å². The minimum Gasteiger partial charge on any atom is -0.459 e. The fourth-order valence-electron chi connectivity index (χ4n) is 2.44. The van der Waals surface area contributed by atoms with Crippen LogP contribution in [0.1, 0.15) is 16.1 Å². The van der Waals surface area contributed by atoms with Crippen LogP contribution >= 0.6 is 0 Å². The Kier molecular flexibility index (Phi) is 3.90. The number of aliphatic hydroxyl groups excluding tert-OH is 1. The number of aryl methyl sites for hydroxylation is 1. The molecule has 2 rings (SSSR count). The summed E-state index contributed by atoms with van der Waals surface area (Å²) >= 11 is 0. The molecular weight excluding hydrogens is 248 g/mol. The number of hydrogen-bond donors (Lipinski definition) is 2. The molecule has 2 heterocycles. The lowest BCUT2D eigenvalue weighted by molar-refractivity contribution is -0.125. The molecule has 104 valence electrons. The summed E-state index contributed by atoms with van der Waals surface area (Å²) < 4.78 is 5.18. The summed E-state index contributed by atoms with van der Waals surface area (Å²) in [6.45, 7) is 2.36. The summed E-state index contributed by atoms with van der Waals surface area (Å²) in [6.07, 6.45) is 1.47. The zero-order chi connectivity index (χ0) is 14.0. The van der Waals surface area contributed by atoms with Crippen molar-refractivity contribution < 1.29 is 19.1 Å². The van der Waals surface area contributed by atoms with Crippen LogP contribution in [-0.4, -0.2) is 48.6 Å². The number of hydrogen-bond acceptors (Lipinski definition) is 4. The number of nitrogens with zero attached hydrogens (tertiary/aromatic N) is 1. The molecule has 0 aromatic carbocycles. The third kappa shape index (κ3) is 2.49. The lowest BCUT2D eigenvalue weighted by Gasteiger charge is -2.14. The molecule has 6 nitrogen and oxygen atoms in total. The fourth-order valence-corrected chi connectivity index (χ4v) is 2.44. The normalized spacial score (nSPS) is 22.6. The van der Waals surface area contributed by atoms with Gasteiger partial charge < -0.3 is 19.7 Å². The molecule has 1 fully saturated rings. The number of nitrogens with one attached hydrogen (secondary N) is 1. The summed E-state index contributed by atoms with van der Waals surface area (Å²) in [5.74, 6) is -0.666. The molecule has 2 N–H and O–H groups in total. The molecule has 19 heavy (non-hydrogen) atoms. The zero-order valence-electron chi connectivity index (χ0n) is 11.0. The number of carbonyl (C=O) groups excluding carboxylic acids is 2. The van der Waals surface area contributed by atoms with Gasteiger partial charge in [0.25, 0.3) is 5.91 Å². The third-order valence-electron chi connectivity index (χ3n) is 3.60. The van der Waals surface area contributed by atoms with Gasteiger partial charge in [0.2, 0.25) is 5.91 Å². The zero-order valence-corrected chi connectivity index (χ0v) is 11.0. The van der Waals surface area contributed by atoms with Crippen LogP contribution in [0.2, 0.25) is 0 Å². The molecule has 2 atom stereocenters. The average molecular weight is 266 g/mol. The molecule has 2 amide bonds. The van der Waals surface area contributed by atoms with Gasteiger partial charge in [-0.1, -0.05) is 0 Å². The van der Waals surface area contributed by atoms with Crippen LogP contribution in [0.4, 0.5) is 0 Å². The highest BCUT2D eigenvalue weighted by Gasteiger charge is 2.39. The van der Waals surface area contributed by atoms with Crippen LogP contribution in [0.5, 0.6) is 0 Å². The van der Waals surface area contributed by atoms with Crippen LogP contribution in [0, 0.1) is 18.8 Å². The second kappa shape index (κ2) is 5.44. The smallest absolute Gasteiger partial charge is 0.289 e. The largest absolute Gasteiger partial charge is 0.459 e. The van der Waals surface area contributed by atoms with Crippen LogP contribution in [0.15, 0.2) is 16.7 Å². The van der Waals surface area contributed by atoms with Gasteiger partial charge in [0.15, 0.2) is 5.76 Å². The Bertz CT molecular complexity index is 483. The van der Waals surface area contributed by atoms with Gasteiger partial charge in [-0.25, -0.2) is 0 Å². The molecule has 1 aromatic rings. The molecule has 0 bridgehead atoms. The SMILES string of the molecule is CNC(=O)[C@@H]1CN(C(=O)c2occc2C)C[C@H]1CO. The summed E-state index contributed by atoms with van der Waals surface area (Å²) in [5.41, 5.74) is 0.772. The van der Waals surface area contributed by atoms with Crippen molar-refractivity contribution in [3.8, 4) is 0 Å². The van der Waals surface area contributed by atoms with Crippen molar-refractivity contribution in [1.82, 2.24) is 10.2 Å². The Balaban J connectivity index is 2.13. The van der Waals surface area contributed by atoms with Crippen molar-refractivity contribution in [2.75, 3.05) is 26.7 Å². The van der Waals surface area contributed by atoms with Crippen molar-refractivity contribution in [2.24, 2.45) is 11.8 Å². The van der Waals surface area contributed by atoms with Gasteiger partial charge in [-0.15, -0.1) is 0 Å². The Labute approximate surface area is 111 Å². The monoisotopic (exact) mass is 266 g/mol. The molecule has 0 aliphatic carbocycles. The highest BCUT2D eigenvalue weighted by Crippen LogP contribution is 2.25. The van der Waals surface area contributed by atoms with Crippen LogP contribution in [0.25, 0.3) is 0 Å². The fraction of sp³-hybridized carbons (Fsp3) is 0.538. The second-order valence-electron chi connectivity index (χ2n) is 4.81. The van der Waals surface area contributed by atoms with Crippen LogP contribution < -0.4 is 5.32 Å². The lowest BCUT2D eigenvalue weighted by atomic mass is 9.96. The first-order valence-corrected chi connectivity index (χ1v) is 6.24. The number of furan rings is 1. The topological polar surface area (TPSA) is 82.8 Å². The van der Waals surface area contributed by atoms with Crippen molar-refractivity contribution >= 4 is 11.8 Å². The van der Waals surface area contributed by atoms with Crippen molar-refractivity contribution in [3.05, 3.63) is 23.7 Å². The maximum absolute atomic E-state index is 12.3. The van der Waals surface area contributed by atoms with Gasteiger partial charge >= 0.3 is 0 Å². The van der Waals surface area contributed by atoms with Gasteiger partial charge in [0.1, 0.15) is 0 Å². The Hall–Kier alpha value is -1.82. The first-order chi connectivity index (χ1) is 9.08. The molecule has 1 saturated heterocycles. The molecule has 0 saturated carbocycles. The van der Waals surface area contributed by atoms with E-state index in [9.17, 15) is 14.7 Å². The van der Waals surface area contributed by atoms with Crippen molar-refractivity contribution in [1.29, 1.82) is 0 Å². The molecule has 0 unspecified atom stereocenters. The average Bonchev–Trinajstić information content (AvgIpc) is 3.02. The van der Waals surface area contributed by atoms with E-state index in [-0.39, 0.29) is 30.3 Å². The van der Waals surface area contributed by atoms with Gasteiger partial charge in [-0.05, 0) is 13.0 Å². The number of rotatable bonds is 3. The molecular formula is C13H18N2O4. The Morgan fingerprint density at radius 2 is 2.26 bits per heavy atom. The molecule has 1 aliphatic heterocycles. The summed E-state index contributed by atoms with van der Waals surface area (Å²) in [6, 6.07) is 1.73. The summed E-state index contributed by atoms with van der Waals surface area (Å²) in [7, 11) is 1.55. The molecule has 1 aliphatic rings. The highest BCUT2D eigenvalue weighted by atomic mass is 16.3. The van der Waals surface area contributed by atoms with E-state index in [4.69, 9.17) is 4.42 Å². The van der Waals surface area contributed by atoms with Crippen molar-refractivity contribution in [3.63, 3.8) is 0 Å². The quantitative estimate of drug-likeness (QED) is 0.807. The number of carbonyl (C=O) groups is 2. The van der Waals surface area contributed by atoms with Crippen molar-refractivity contribution in [2.45, 2.75) is 6.92 Å². The maximum atomic E-state index is 12.3. The van der Waals surface area contributed by atoms with E-state index in [2.05, 4.69) is 5.32 Å². The molecule has 6 heteroatoms. The van der Waals surface area contributed by atoms with E-state index in [1.807, 2.05) is 0 Å². The molecule has 1 aromatic heterocycles. The van der Waals surface area contributed by atoms with Gasteiger partial charge in [0.05, 0.1) is 12.2 Å². The third-order valence-corrected chi connectivity index (χ3v) is 3.60. The van der Waals surface area contributed by atoms with Gasteiger partial charge in [-0.2, -0.15) is 0 Å². The standard InChI is InChI=1S/C13H18N2O4/c1-8-3-4-19-11(8)13(18)15-5-9(7-16)10(6-15)12(17)14-2/h3-4,9-10,16H,5-7H2,1-2H3,(H,14,17)/t9-,10+/m0/s1. The number of aliphatic hydroxyl groups is 1. The molecule has 0 spiro atoms. The summed E-state index contributed by atoms with van der Waals surface area (Å²) in [5, 5.41) is 11.9. The minimum atomic E-state index is -0.366. The van der Waals surface area contributed by atoms with Gasteiger partial charge in [0, 0.05) is 38.2 Å². The maximum Gasteiger partial charge on any atom is 0.289 e. The first-order valence-electron chi connectivity index (χ1n) is 6.24. The predicted molar refractivity (Wildman–Crippen MR) is 67.5 cm³/mol. The minimum absolute atomic E-state index is 0.112. The second-order valence-corrected chi connectivity index (χ2v) is 4.81. The van der Waals surface area contributed by atoms with E-state index < -0.39 is 0 Å². The Morgan fingerprint density at radius 3 is 2.79 bits per heavy atom. The number of likely N-dealkylation sites (tertiary alicyclic amines) is 1. The van der Waals surface area contributed by atoms with E-state index in [0.29, 0.717) is 18.8 Å². The Morgan fingerprint density at radius 1 is 1.53 bits per heavy atom.